The molecule has 168 valence electrons. The molecule has 3 aromatic rings. The van der Waals surface area contributed by atoms with Crippen LogP contribution in [0.3, 0.4) is 0 Å². The van der Waals surface area contributed by atoms with Gasteiger partial charge >= 0.3 is 6.18 Å². The van der Waals surface area contributed by atoms with E-state index in [9.17, 15) is 18.0 Å². The maximum Gasteiger partial charge on any atom is 0.417 e. The smallest absolute Gasteiger partial charge is 0.368 e. The third kappa shape index (κ3) is 4.29. The number of rotatable bonds is 3. The van der Waals surface area contributed by atoms with Crippen LogP contribution in [0.1, 0.15) is 21.7 Å². The van der Waals surface area contributed by atoms with Gasteiger partial charge in [-0.15, -0.1) is 0 Å². The first-order chi connectivity index (χ1) is 15.2. The minimum atomic E-state index is -4.59. The number of piperazine rings is 1. The molecule has 4 rings (SSSR count). The molecule has 1 aliphatic rings. The molecule has 0 atom stereocenters. The Morgan fingerprint density at radius 1 is 1.03 bits per heavy atom. The van der Waals surface area contributed by atoms with Crippen LogP contribution in [0.2, 0.25) is 10.0 Å². The first kappa shape index (κ1) is 22.5. The Labute approximate surface area is 192 Å². The number of halogens is 5. The van der Waals surface area contributed by atoms with E-state index in [1.54, 1.807) is 17.0 Å². The second-order valence-electron chi connectivity index (χ2n) is 7.38. The second kappa shape index (κ2) is 8.67. The topological polar surface area (TPSA) is 49.6 Å². The number of aromatic nitrogens is 1. The van der Waals surface area contributed by atoms with Gasteiger partial charge < -0.3 is 14.3 Å². The van der Waals surface area contributed by atoms with Crippen molar-refractivity contribution in [2.45, 2.75) is 13.1 Å². The third-order valence-electron chi connectivity index (χ3n) is 5.40. The molecule has 0 bridgehead atoms. The number of nitrogens with zero attached hydrogens (tertiary/aromatic N) is 3. The van der Waals surface area contributed by atoms with Gasteiger partial charge in [0.1, 0.15) is 17.0 Å². The van der Waals surface area contributed by atoms with E-state index in [-0.39, 0.29) is 22.6 Å². The van der Waals surface area contributed by atoms with Gasteiger partial charge in [-0.05, 0) is 31.2 Å². The molecule has 1 aromatic heterocycles. The monoisotopic (exact) mass is 483 g/mol. The van der Waals surface area contributed by atoms with Gasteiger partial charge in [0.25, 0.3) is 5.91 Å². The molecule has 1 aliphatic heterocycles. The van der Waals surface area contributed by atoms with E-state index in [0.717, 1.165) is 11.8 Å². The van der Waals surface area contributed by atoms with Crippen molar-refractivity contribution in [1.29, 1.82) is 0 Å². The lowest BCUT2D eigenvalue weighted by atomic mass is 9.99. The number of carbonyl (C=O) groups is 1. The number of aryl methyl sites for hydroxylation is 1. The molecular formula is C22H18Cl2F3N3O2. The lowest BCUT2D eigenvalue weighted by Gasteiger charge is -2.36. The standard InChI is InChI=1S/C22H18Cl2F3N3O2/c1-13-19(20(28-32-13)15-4-2-3-5-16(15)22(25,26)27)21(31)30-10-8-29(9-11-30)14-6-7-17(23)18(24)12-14/h2-7,12H,8-11H2,1H3. The summed E-state index contributed by atoms with van der Waals surface area (Å²) in [4.78, 5) is 16.9. The van der Waals surface area contributed by atoms with Crippen LogP contribution in [0, 0.1) is 6.92 Å². The van der Waals surface area contributed by atoms with Crippen molar-refractivity contribution >= 4 is 34.8 Å². The minimum absolute atomic E-state index is 0.0460. The fourth-order valence-corrected chi connectivity index (χ4v) is 4.04. The van der Waals surface area contributed by atoms with Crippen LogP contribution in [-0.2, 0) is 6.18 Å². The molecule has 10 heteroatoms. The van der Waals surface area contributed by atoms with Crippen LogP contribution >= 0.6 is 23.2 Å². The van der Waals surface area contributed by atoms with Gasteiger partial charge in [-0.25, -0.2) is 0 Å². The number of hydrogen-bond donors (Lipinski definition) is 0. The summed E-state index contributed by atoms with van der Waals surface area (Å²) in [6.07, 6.45) is -4.59. The van der Waals surface area contributed by atoms with Crippen molar-refractivity contribution in [2.75, 3.05) is 31.1 Å². The van der Waals surface area contributed by atoms with E-state index in [2.05, 4.69) is 10.1 Å². The average Bonchev–Trinajstić information content (AvgIpc) is 3.16. The van der Waals surface area contributed by atoms with Crippen molar-refractivity contribution in [1.82, 2.24) is 10.1 Å². The van der Waals surface area contributed by atoms with Gasteiger partial charge in [-0.2, -0.15) is 13.2 Å². The summed E-state index contributed by atoms with van der Waals surface area (Å²) < 4.78 is 45.7. The molecule has 1 fully saturated rings. The normalized spacial score (nSPS) is 14.7. The lowest BCUT2D eigenvalue weighted by molar-refractivity contribution is -0.137. The zero-order valence-electron chi connectivity index (χ0n) is 16.9. The number of alkyl halides is 3. The molecule has 0 saturated carbocycles. The maximum absolute atomic E-state index is 13.5. The maximum atomic E-state index is 13.5. The molecule has 0 unspecified atom stereocenters. The summed E-state index contributed by atoms with van der Waals surface area (Å²) in [7, 11) is 0. The Kier molecular flexibility index (Phi) is 6.09. The summed E-state index contributed by atoms with van der Waals surface area (Å²) in [6, 6.07) is 10.3. The van der Waals surface area contributed by atoms with Crippen LogP contribution in [0.15, 0.2) is 47.0 Å². The minimum Gasteiger partial charge on any atom is -0.368 e. The number of anilines is 1. The Hall–Kier alpha value is -2.71. The summed E-state index contributed by atoms with van der Waals surface area (Å²) >= 11 is 12.1. The van der Waals surface area contributed by atoms with E-state index in [4.69, 9.17) is 27.7 Å². The van der Waals surface area contributed by atoms with Gasteiger partial charge in [-0.3, -0.25) is 4.79 Å². The average molecular weight is 484 g/mol. The molecule has 0 spiro atoms. The Bertz CT molecular complexity index is 1160. The van der Waals surface area contributed by atoms with E-state index in [0.29, 0.717) is 36.2 Å². The highest BCUT2D eigenvalue weighted by Gasteiger charge is 2.36. The first-order valence-electron chi connectivity index (χ1n) is 9.79. The molecule has 5 nitrogen and oxygen atoms in total. The first-order valence-corrected chi connectivity index (χ1v) is 10.5. The second-order valence-corrected chi connectivity index (χ2v) is 8.20. The zero-order valence-corrected chi connectivity index (χ0v) is 18.4. The molecule has 1 saturated heterocycles. The van der Waals surface area contributed by atoms with Gasteiger partial charge in [0.2, 0.25) is 0 Å². The Morgan fingerprint density at radius 3 is 2.38 bits per heavy atom. The highest BCUT2D eigenvalue weighted by atomic mass is 35.5. The van der Waals surface area contributed by atoms with E-state index in [1.807, 2.05) is 6.07 Å². The predicted molar refractivity (Wildman–Crippen MR) is 116 cm³/mol. The molecule has 1 amide bonds. The van der Waals surface area contributed by atoms with E-state index in [1.165, 1.54) is 25.1 Å². The number of amides is 1. The molecule has 2 heterocycles. The molecule has 0 radical (unpaired) electrons. The van der Waals surface area contributed by atoms with Gasteiger partial charge in [0.15, 0.2) is 0 Å². The van der Waals surface area contributed by atoms with Gasteiger partial charge in [0, 0.05) is 37.4 Å². The molecule has 0 aliphatic carbocycles. The van der Waals surface area contributed by atoms with Crippen LogP contribution in [0.25, 0.3) is 11.3 Å². The summed E-state index contributed by atoms with van der Waals surface area (Å²) in [5.41, 5.74) is -0.231. The van der Waals surface area contributed by atoms with Crippen LogP contribution in [0.4, 0.5) is 18.9 Å². The summed E-state index contributed by atoms with van der Waals surface area (Å²) in [5.74, 6) is -0.238. The highest BCUT2D eigenvalue weighted by Crippen LogP contribution is 2.38. The number of carbonyl (C=O) groups excluding carboxylic acids is 1. The van der Waals surface area contributed by atoms with Crippen molar-refractivity contribution in [3.05, 3.63) is 69.4 Å². The number of benzene rings is 2. The molecule has 32 heavy (non-hydrogen) atoms. The quantitative estimate of drug-likeness (QED) is 0.462. The third-order valence-corrected chi connectivity index (χ3v) is 6.14. The van der Waals surface area contributed by atoms with Crippen molar-refractivity contribution in [2.24, 2.45) is 0 Å². The van der Waals surface area contributed by atoms with Crippen LogP contribution in [0.5, 0.6) is 0 Å². The van der Waals surface area contributed by atoms with E-state index >= 15 is 0 Å². The largest absolute Gasteiger partial charge is 0.417 e. The lowest BCUT2D eigenvalue weighted by Crippen LogP contribution is -2.49. The fourth-order valence-electron chi connectivity index (χ4n) is 3.75. The summed E-state index contributed by atoms with van der Waals surface area (Å²) in [5, 5.41) is 4.69. The van der Waals surface area contributed by atoms with Crippen LogP contribution < -0.4 is 4.90 Å². The van der Waals surface area contributed by atoms with Crippen molar-refractivity contribution < 1.29 is 22.5 Å². The van der Waals surface area contributed by atoms with E-state index < -0.39 is 17.6 Å². The number of hydrogen-bond acceptors (Lipinski definition) is 4. The summed E-state index contributed by atoms with van der Waals surface area (Å²) in [6.45, 7) is 3.34. The van der Waals surface area contributed by atoms with Gasteiger partial charge in [-0.1, -0.05) is 46.6 Å². The molecule has 2 aromatic carbocycles. The molecular weight excluding hydrogens is 466 g/mol. The van der Waals surface area contributed by atoms with Crippen molar-refractivity contribution in [3.8, 4) is 11.3 Å². The van der Waals surface area contributed by atoms with Crippen LogP contribution in [-0.4, -0.2) is 42.1 Å². The fraction of sp³-hybridized carbons (Fsp3) is 0.273. The van der Waals surface area contributed by atoms with Gasteiger partial charge in [0.05, 0.1) is 15.6 Å². The zero-order chi connectivity index (χ0) is 23.0. The highest BCUT2D eigenvalue weighted by molar-refractivity contribution is 6.42. The predicted octanol–water partition coefficient (Wildman–Crippen LogP) is 5.94. The van der Waals surface area contributed by atoms with Crippen molar-refractivity contribution in [3.63, 3.8) is 0 Å². The Balaban J connectivity index is 1.57. The SMILES string of the molecule is Cc1onc(-c2ccccc2C(F)(F)F)c1C(=O)N1CCN(c2ccc(Cl)c(Cl)c2)CC1. The Morgan fingerprint density at radius 2 is 1.72 bits per heavy atom. The molecule has 0 N–H and O–H groups in total.